The van der Waals surface area contributed by atoms with Gasteiger partial charge in [0.2, 0.25) is 11.9 Å². The lowest BCUT2D eigenvalue weighted by molar-refractivity contribution is -0.123. The van der Waals surface area contributed by atoms with Crippen LogP contribution in [0.4, 0.5) is 11.6 Å². The zero-order chi connectivity index (χ0) is 30.4. The first-order chi connectivity index (χ1) is 20.7. The molecule has 2 aromatic heterocycles. The SMILES string of the molecule is CCOc1ccccc1N1C(=O)CC(N2CCN(c3nc4c(c(=O)n(C)c(=O)n4C)n3Cc3ccc(C)cc3)CC2)C1=O. The van der Waals surface area contributed by atoms with Gasteiger partial charge in [-0.25, -0.2) is 9.69 Å². The number of carbonyl (C=O) groups excluding carboxylic acids is 2. The number of ether oxygens (including phenoxy) is 1. The van der Waals surface area contributed by atoms with Crippen molar-refractivity contribution < 1.29 is 14.3 Å². The minimum atomic E-state index is -0.566. The van der Waals surface area contributed by atoms with E-state index in [0.29, 0.717) is 67.9 Å². The molecular weight excluding hydrogens is 550 g/mol. The fraction of sp³-hybridized carbons (Fsp3) is 0.387. The van der Waals surface area contributed by atoms with E-state index in [4.69, 9.17) is 9.72 Å². The van der Waals surface area contributed by atoms with Crippen LogP contribution in [0.25, 0.3) is 11.2 Å². The predicted octanol–water partition coefficient (Wildman–Crippen LogP) is 1.64. The third-order valence-corrected chi connectivity index (χ3v) is 8.36. The molecule has 2 aliphatic heterocycles. The molecule has 6 rings (SSSR count). The fourth-order valence-electron chi connectivity index (χ4n) is 6.01. The number of fused-ring (bicyclic) bond motifs is 1. The van der Waals surface area contributed by atoms with E-state index in [1.807, 2.05) is 53.6 Å². The zero-order valence-corrected chi connectivity index (χ0v) is 24.8. The highest BCUT2D eigenvalue weighted by molar-refractivity contribution is 6.23. The fourth-order valence-corrected chi connectivity index (χ4v) is 6.01. The maximum absolute atomic E-state index is 13.6. The Balaban J connectivity index is 1.28. The van der Waals surface area contributed by atoms with Crippen molar-refractivity contribution in [3.05, 3.63) is 80.5 Å². The molecule has 4 aromatic rings. The topological polar surface area (TPSA) is 115 Å². The van der Waals surface area contributed by atoms with Gasteiger partial charge in [-0.15, -0.1) is 0 Å². The Bertz CT molecular complexity index is 1830. The molecule has 2 amide bonds. The van der Waals surface area contributed by atoms with Gasteiger partial charge in [0.05, 0.1) is 31.3 Å². The summed E-state index contributed by atoms with van der Waals surface area (Å²) >= 11 is 0. The number of hydrogen-bond donors (Lipinski definition) is 0. The monoisotopic (exact) mass is 585 g/mol. The number of anilines is 2. The number of imide groups is 1. The summed E-state index contributed by atoms with van der Waals surface area (Å²) in [5, 5.41) is 0. The Labute approximate surface area is 248 Å². The highest BCUT2D eigenvalue weighted by Gasteiger charge is 2.44. The predicted molar refractivity (Wildman–Crippen MR) is 163 cm³/mol. The number of carbonyl (C=O) groups is 2. The van der Waals surface area contributed by atoms with Crippen molar-refractivity contribution >= 4 is 34.6 Å². The van der Waals surface area contributed by atoms with Gasteiger partial charge in [-0.2, -0.15) is 4.98 Å². The molecular formula is C31H35N7O5. The van der Waals surface area contributed by atoms with Gasteiger partial charge in [0.15, 0.2) is 11.2 Å². The van der Waals surface area contributed by atoms with Crippen LogP contribution in [0.5, 0.6) is 5.75 Å². The molecule has 2 aliphatic rings. The lowest BCUT2D eigenvalue weighted by Gasteiger charge is -2.37. The molecule has 0 saturated carbocycles. The number of amides is 2. The minimum absolute atomic E-state index is 0.101. The van der Waals surface area contributed by atoms with Gasteiger partial charge < -0.3 is 9.64 Å². The average Bonchev–Trinajstić information content (AvgIpc) is 3.53. The van der Waals surface area contributed by atoms with E-state index < -0.39 is 17.3 Å². The molecule has 0 radical (unpaired) electrons. The first-order valence-electron chi connectivity index (χ1n) is 14.5. The Morgan fingerprint density at radius 1 is 0.907 bits per heavy atom. The van der Waals surface area contributed by atoms with Crippen LogP contribution in [-0.4, -0.2) is 74.2 Å². The molecule has 2 saturated heterocycles. The largest absolute Gasteiger partial charge is 0.492 e. The molecule has 224 valence electrons. The Hall–Kier alpha value is -4.71. The smallest absolute Gasteiger partial charge is 0.332 e. The maximum Gasteiger partial charge on any atom is 0.332 e. The third-order valence-electron chi connectivity index (χ3n) is 8.36. The summed E-state index contributed by atoms with van der Waals surface area (Å²) in [5.41, 5.74) is 2.47. The number of aromatic nitrogens is 4. The molecule has 0 bridgehead atoms. The molecule has 4 heterocycles. The highest BCUT2D eigenvalue weighted by Crippen LogP contribution is 2.34. The average molecular weight is 586 g/mol. The number of nitrogens with zero attached hydrogens (tertiary/aromatic N) is 7. The zero-order valence-electron chi connectivity index (χ0n) is 24.8. The Kier molecular flexibility index (Phi) is 7.38. The number of para-hydroxylation sites is 2. The molecule has 1 atom stereocenters. The summed E-state index contributed by atoms with van der Waals surface area (Å²) in [4.78, 5) is 62.9. The summed E-state index contributed by atoms with van der Waals surface area (Å²) in [6.45, 7) is 6.81. The van der Waals surface area contributed by atoms with Crippen LogP contribution >= 0.6 is 0 Å². The van der Waals surface area contributed by atoms with Crippen molar-refractivity contribution in [2.75, 3.05) is 42.6 Å². The molecule has 1 unspecified atom stereocenters. The van der Waals surface area contributed by atoms with Crippen molar-refractivity contribution in [2.45, 2.75) is 32.9 Å². The van der Waals surface area contributed by atoms with Crippen LogP contribution in [0.15, 0.2) is 58.1 Å². The molecule has 2 aromatic carbocycles. The van der Waals surface area contributed by atoms with Crippen LogP contribution in [-0.2, 0) is 30.2 Å². The standard InChI is InChI=1S/C31H35N7O5/c1-5-43-24-9-7-6-8-22(24)38-25(39)18-23(28(38)40)35-14-16-36(17-15-35)30-32-27-26(29(41)34(4)31(42)33(27)3)37(30)19-21-12-10-20(2)11-13-21/h6-13,23H,5,14-19H2,1-4H3. The number of rotatable bonds is 7. The Morgan fingerprint density at radius 3 is 2.30 bits per heavy atom. The van der Waals surface area contributed by atoms with Crippen LogP contribution in [0.2, 0.25) is 0 Å². The van der Waals surface area contributed by atoms with Gasteiger partial charge in [0.1, 0.15) is 5.75 Å². The molecule has 0 N–H and O–H groups in total. The van der Waals surface area contributed by atoms with Crippen molar-refractivity contribution in [2.24, 2.45) is 14.1 Å². The molecule has 43 heavy (non-hydrogen) atoms. The molecule has 0 aliphatic carbocycles. The lowest BCUT2D eigenvalue weighted by atomic mass is 10.1. The van der Waals surface area contributed by atoms with E-state index in [9.17, 15) is 19.2 Å². The summed E-state index contributed by atoms with van der Waals surface area (Å²) in [6.07, 6.45) is 0.101. The van der Waals surface area contributed by atoms with Crippen molar-refractivity contribution in [3.8, 4) is 5.75 Å². The summed E-state index contributed by atoms with van der Waals surface area (Å²) in [5.74, 6) is 0.594. The van der Waals surface area contributed by atoms with E-state index in [0.717, 1.165) is 15.7 Å². The normalized spacial score (nSPS) is 17.8. The number of piperazine rings is 1. The van der Waals surface area contributed by atoms with Gasteiger partial charge >= 0.3 is 5.69 Å². The van der Waals surface area contributed by atoms with E-state index in [1.165, 1.54) is 16.5 Å². The summed E-state index contributed by atoms with van der Waals surface area (Å²) < 4.78 is 10.1. The quantitative estimate of drug-likeness (QED) is 0.301. The second-order valence-corrected chi connectivity index (χ2v) is 11.1. The van der Waals surface area contributed by atoms with Gasteiger partial charge in [0, 0.05) is 40.3 Å². The Morgan fingerprint density at radius 2 is 1.60 bits per heavy atom. The molecule has 0 spiro atoms. The first kappa shape index (κ1) is 28.4. The maximum atomic E-state index is 13.6. The van der Waals surface area contributed by atoms with Crippen LogP contribution in [0.3, 0.4) is 0 Å². The lowest BCUT2D eigenvalue weighted by Crippen LogP contribution is -2.53. The van der Waals surface area contributed by atoms with Crippen molar-refractivity contribution in [1.82, 2.24) is 23.6 Å². The van der Waals surface area contributed by atoms with Gasteiger partial charge in [0.25, 0.3) is 11.5 Å². The number of hydrogen-bond acceptors (Lipinski definition) is 8. The van der Waals surface area contributed by atoms with Gasteiger partial charge in [-0.1, -0.05) is 42.0 Å². The second-order valence-electron chi connectivity index (χ2n) is 11.1. The van der Waals surface area contributed by atoms with Gasteiger partial charge in [-0.3, -0.25) is 33.0 Å². The number of imidazole rings is 1. The first-order valence-corrected chi connectivity index (χ1v) is 14.5. The molecule has 12 heteroatoms. The van der Waals surface area contributed by atoms with Crippen molar-refractivity contribution in [3.63, 3.8) is 0 Å². The van der Waals surface area contributed by atoms with Crippen LogP contribution in [0.1, 0.15) is 24.5 Å². The number of aryl methyl sites for hydroxylation is 2. The minimum Gasteiger partial charge on any atom is -0.492 e. The van der Waals surface area contributed by atoms with Crippen LogP contribution < -0.4 is 25.8 Å². The van der Waals surface area contributed by atoms with Crippen molar-refractivity contribution in [1.29, 1.82) is 0 Å². The summed E-state index contributed by atoms with van der Waals surface area (Å²) in [6, 6.07) is 14.6. The third kappa shape index (κ3) is 4.91. The van der Waals surface area contributed by atoms with E-state index in [1.54, 1.807) is 25.2 Å². The second kappa shape index (κ2) is 11.2. The van der Waals surface area contributed by atoms with E-state index in [2.05, 4.69) is 4.90 Å². The van der Waals surface area contributed by atoms with Gasteiger partial charge in [-0.05, 0) is 31.5 Å². The van der Waals surface area contributed by atoms with E-state index in [-0.39, 0.29) is 18.2 Å². The van der Waals surface area contributed by atoms with E-state index >= 15 is 0 Å². The highest BCUT2D eigenvalue weighted by atomic mass is 16.5. The summed E-state index contributed by atoms with van der Waals surface area (Å²) in [7, 11) is 3.09. The van der Waals surface area contributed by atoms with Crippen LogP contribution in [0, 0.1) is 6.92 Å². The number of benzene rings is 2. The molecule has 12 nitrogen and oxygen atoms in total. The molecule has 2 fully saturated rings.